The molecule has 0 amide bonds. The summed E-state index contributed by atoms with van der Waals surface area (Å²) in [4.78, 5) is 13.0. The second kappa shape index (κ2) is 5.97. The van der Waals surface area contributed by atoms with Gasteiger partial charge in [-0.2, -0.15) is 4.98 Å². The molecule has 6 nitrogen and oxygen atoms in total. The minimum absolute atomic E-state index is 0.320. The van der Waals surface area contributed by atoms with Crippen molar-refractivity contribution >= 4 is 11.8 Å². The number of aromatic nitrogens is 2. The highest BCUT2D eigenvalue weighted by molar-refractivity contribution is 5.43. The molecule has 0 radical (unpaired) electrons. The molecule has 0 bridgehead atoms. The molecule has 1 aliphatic rings. The number of nitrogen functional groups attached to an aromatic ring is 1. The van der Waals surface area contributed by atoms with Gasteiger partial charge in [0, 0.05) is 38.9 Å². The van der Waals surface area contributed by atoms with E-state index in [-0.39, 0.29) is 0 Å². The lowest BCUT2D eigenvalue weighted by Crippen LogP contribution is -2.44. The number of hydrogen-bond acceptors (Lipinski definition) is 6. The standard InChI is InChI=1S/C12H21N5O/c1-3-18-9-10-8-11(15-12(13)14-10)17-6-4-16(2)5-7-17/h8H,3-7,9H2,1-2H3,(H2,13,14,15). The molecule has 6 heteroatoms. The van der Waals surface area contributed by atoms with E-state index in [1.807, 2.05) is 13.0 Å². The van der Waals surface area contributed by atoms with Crippen molar-refractivity contribution in [2.45, 2.75) is 13.5 Å². The molecule has 2 N–H and O–H groups in total. The summed E-state index contributed by atoms with van der Waals surface area (Å²) in [6.45, 7) is 7.17. The molecular formula is C12H21N5O. The lowest BCUT2D eigenvalue weighted by molar-refractivity contribution is 0.131. The van der Waals surface area contributed by atoms with E-state index in [4.69, 9.17) is 10.5 Å². The molecule has 0 unspecified atom stereocenters. The monoisotopic (exact) mass is 251 g/mol. The van der Waals surface area contributed by atoms with Gasteiger partial charge in [-0.3, -0.25) is 0 Å². The Morgan fingerprint density at radius 1 is 1.28 bits per heavy atom. The van der Waals surface area contributed by atoms with Gasteiger partial charge in [0.1, 0.15) is 5.82 Å². The van der Waals surface area contributed by atoms with Crippen LogP contribution in [0.2, 0.25) is 0 Å². The van der Waals surface area contributed by atoms with Gasteiger partial charge in [0.15, 0.2) is 0 Å². The highest BCUT2D eigenvalue weighted by atomic mass is 16.5. The Balaban J connectivity index is 2.09. The molecule has 1 fully saturated rings. The van der Waals surface area contributed by atoms with Crippen LogP contribution in [0.15, 0.2) is 6.07 Å². The minimum atomic E-state index is 0.320. The molecule has 0 aromatic carbocycles. The van der Waals surface area contributed by atoms with Gasteiger partial charge in [-0.25, -0.2) is 4.98 Å². The van der Waals surface area contributed by atoms with E-state index < -0.39 is 0 Å². The third-order valence-corrected chi connectivity index (χ3v) is 3.06. The maximum Gasteiger partial charge on any atom is 0.222 e. The topological polar surface area (TPSA) is 67.5 Å². The van der Waals surface area contributed by atoms with E-state index in [9.17, 15) is 0 Å². The summed E-state index contributed by atoms with van der Waals surface area (Å²) in [6, 6.07) is 1.97. The molecule has 1 aromatic heterocycles. The maximum absolute atomic E-state index is 5.75. The van der Waals surface area contributed by atoms with Crippen LogP contribution in [0.1, 0.15) is 12.6 Å². The normalized spacial score (nSPS) is 17.1. The van der Waals surface area contributed by atoms with Crippen molar-refractivity contribution in [2.24, 2.45) is 0 Å². The average Bonchev–Trinajstić information content (AvgIpc) is 2.36. The first kappa shape index (κ1) is 13.0. The Morgan fingerprint density at radius 2 is 2.00 bits per heavy atom. The number of likely N-dealkylation sites (N-methyl/N-ethyl adjacent to an activating group) is 1. The zero-order valence-electron chi connectivity index (χ0n) is 11.1. The van der Waals surface area contributed by atoms with Gasteiger partial charge in [0.2, 0.25) is 5.95 Å². The van der Waals surface area contributed by atoms with Crippen molar-refractivity contribution in [3.63, 3.8) is 0 Å². The van der Waals surface area contributed by atoms with Gasteiger partial charge in [-0.05, 0) is 14.0 Å². The van der Waals surface area contributed by atoms with Gasteiger partial charge < -0.3 is 20.3 Å². The summed E-state index contributed by atoms with van der Waals surface area (Å²) >= 11 is 0. The molecule has 0 saturated carbocycles. The van der Waals surface area contributed by atoms with Gasteiger partial charge in [0.25, 0.3) is 0 Å². The van der Waals surface area contributed by atoms with Crippen LogP contribution >= 0.6 is 0 Å². The fraction of sp³-hybridized carbons (Fsp3) is 0.667. The Hall–Kier alpha value is -1.40. The number of nitrogens with two attached hydrogens (primary N) is 1. The zero-order valence-corrected chi connectivity index (χ0v) is 11.1. The second-order valence-electron chi connectivity index (χ2n) is 4.50. The Bertz CT molecular complexity index is 390. The van der Waals surface area contributed by atoms with E-state index in [0.717, 1.165) is 37.7 Å². The molecule has 1 saturated heterocycles. The summed E-state index contributed by atoms with van der Waals surface area (Å²) in [6.07, 6.45) is 0. The van der Waals surface area contributed by atoms with Gasteiger partial charge in [-0.1, -0.05) is 0 Å². The molecular weight excluding hydrogens is 230 g/mol. The van der Waals surface area contributed by atoms with Crippen LogP contribution < -0.4 is 10.6 Å². The average molecular weight is 251 g/mol. The summed E-state index contributed by atoms with van der Waals surface area (Å²) in [5.74, 6) is 1.23. The molecule has 0 aliphatic carbocycles. The number of piperazine rings is 1. The van der Waals surface area contributed by atoms with E-state index in [1.165, 1.54) is 0 Å². The molecule has 0 atom stereocenters. The van der Waals surface area contributed by atoms with E-state index in [2.05, 4.69) is 26.8 Å². The highest BCUT2D eigenvalue weighted by Crippen LogP contribution is 2.16. The van der Waals surface area contributed by atoms with Crippen molar-refractivity contribution in [3.8, 4) is 0 Å². The van der Waals surface area contributed by atoms with E-state index in [0.29, 0.717) is 19.2 Å². The predicted molar refractivity (Wildman–Crippen MR) is 71.5 cm³/mol. The summed E-state index contributed by atoms with van der Waals surface area (Å²) in [5, 5.41) is 0. The molecule has 0 spiro atoms. The number of hydrogen-bond donors (Lipinski definition) is 1. The summed E-state index contributed by atoms with van der Waals surface area (Å²) < 4.78 is 5.36. The fourth-order valence-electron chi connectivity index (χ4n) is 1.98. The maximum atomic E-state index is 5.75. The minimum Gasteiger partial charge on any atom is -0.375 e. The van der Waals surface area contributed by atoms with Gasteiger partial charge in [0.05, 0.1) is 12.3 Å². The first-order valence-electron chi connectivity index (χ1n) is 6.33. The Kier molecular flexibility index (Phi) is 4.33. The molecule has 18 heavy (non-hydrogen) atoms. The van der Waals surface area contributed by atoms with Crippen LogP contribution in [-0.4, -0.2) is 54.7 Å². The summed E-state index contributed by atoms with van der Waals surface area (Å²) in [7, 11) is 2.13. The van der Waals surface area contributed by atoms with Crippen LogP contribution in [0, 0.1) is 0 Å². The van der Waals surface area contributed by atoms with Crippen LogP contribution in [0.3, 0.4) is 0 Å². The van der Waals surface area contributed by atoms with Crippen LogP contribution in [-0.2, 0) is 11.3 Å². The van der Waals surface area contributed by atoms with Crippen LogP contribution in [0.25, 0.3) is 0 Å². The third kappa shape index (κ3) is 3.30. The highest BCUT2D eigenvalue weighted by Gasteiger charge is 2.16. The van der Waals surface area contributed by atoms with E-state index in [1.54, 1.807) is 0 Å². The van der Waals surface area contributed by atoms with Crippen molar-refractivity contribution in [3.05, 3.63) is 11.8 Å². The van der Waals surface area contributed by atoms with Crippen molar-refractivity contribution in [2.75, 3.05) is 50.5 Å². The van der Waals surface area contributed by atoms with E-state index >= 15 is 0 Å². The second-order valence-corrected chi connectivity index (χ2v) is 4.50. The molecule has 100 valence electrons. The van der Waals surface area contributed by atoms with Crippen molar-refractivity contribution in [1.29, 1.82) is 0 Å². The molecule has 1 aromatic rings. The number of anilines is 2. The number of ether oxygens (including phenoxy) is 1. The first-order chi connectivity index (χ1) is 8.69. The lowest BCUT2D eigenvalue weighted by atomic mass is 10.3. The van der Waals surface area contributed by atoms with Crippen LogP contribution in [0.4, 0.5) is 11.8 Å². The third-order valence-electron chi connectivity index (χ3n) is 3.06. The van der Waals surface area contributed by atoms with Crippen molar-refractivity contribution in [1.82, 2.24) is 14.9 Å². The Labute approximate surface area is 108 Å². The number of rotatable bonds is 4. The zero-order chi connectivity index (χ0) is 13.0. The van der Waals surface area contributed by atoms with Gasteiger partial charge >= 0.3 is 0 Å². The predicted octanol–water partition coefficient (Wildman–Crippen LogP) is 0.347. The van der Waals surface area contributed by atoms with Gasteiger partial charge in [-0.15, -0.1) is 0 Å². The molecule has 2 heterocycles. The van der Waals surface area contributed by atoms with Crippen LogP contribution in [0.5, 0.6) is 0 Å². The van der Waals surface area contributed by atoms with Crippen molar-refractivity contribution < 1.29 is 4.74 Å². The molecule has 1 aliphatic heterocycles. The summed E-state index contributed by atoms with van der Waals surface area (Å²) in [5.41, 5.74) is 6.60. The molecule has 2 rings (SSSR count). The quantitative estimate of drug-likeness (QED) is 0.832. The first-order valence-corrected chi connectivity index (χ1v) is 6.33. The lowest BCUT2D eigenvalue weighted by Gasteiger charge is -2.33. The SMILES string of the molecule is CCOCc1cc(N2CCN(C)CC2)nc(N)n1. The number of nitrogens with zero attached hydrogens (tertiary/aromatic N) is 4. The Morgan fingerprint density at radius 3 is 2.67 bits per heavy atom. The fourth-order valence-corrected chi connectivity index (χ4v) is 1.98. The smallest absolute Gasteiger partial charge is 0.222 e. The largest absolute Gasteiger partial charge is 0.375 e.